The average molecular weight is 643 g/mol. The van der Waals surface area contributed by atoms with Gasteiger partial charge in [-0.15, -0.1) is 5.10 Å². The Kier molecular flexibility index (Phi) is 8.49. The summed E-state index contributed by atoms with van der Waals surface area (Å²) in [4.78, 5) is 4.28. The molecule has 15 heteroatoms. The highest BCUT2D eigenvalue weighted by molar-refractivity contribution is 5.62. The number of anilines is 2. The third-order valence-corrected chi connectivity index (χ3v) is 7.63. The molecule has 3 aromatic carbocycles. The molecule has 1 atom stereocenters. The molecule has 0 aliphatic carbocycles. The van der Waals surface area contributed by atoms with Gasteiger partial charge < -0.3 is 9.80 Å². The van der Waals surface area contributed by atoms with Crippen LogP contribution in [0.4, 0.5) is 51.1 Å². The first kappa shape index (κ1) is 32.1. The van der Waals surface area contributed by atoms with E-state index in [9.17, 15) is 39.5 Å². The molecule has 0 spiro atoms. The van der Waals surface area contributed by atoms with Crippen LogP contribution >= 0.6 is 0 Å². The first-order valence-electron chi connectivity index (χ1n) is 13.8. The molecule has 0 amide bonds. The van der Waals surface area contributed by atoms with Gasteiger partial charge in [0, 0.05) is 25.3 Å². The van der Waals surface area contributed by atoms with Crippen LogP contribution in [0.1, 0.15) is 57.8 Å². The molecule has 4 aromatic rings. The number of alkyl halides is 9. The number of aromatic nitrogens is 4. The van der Waals surface area contributed by atoms with Crippen molar-refractivity contribution < 1.29 is 39.5 Å². The van der Waals surface area contributed by atoms with E-state index >= 15 is 0 Å². The van der Waals surface area contributed by atoms with Gasteiger partial charge in [0.25, 0.3) is 5.95 Å². The monoisotopic (exact) mass is 642 g/mol. The SMILES string of the molecule is Cc1cc2c(cc1C(F)(F)F)N(Cc1ccccc1)CCCC2N(Cc1cc(C(F)(F)F)cc(C(F)(F)F)c1)c1nnn(C)n1. The smallest absolute Gasteiger partial charge is 0.367 e. The molecule has 0 saturated carbocycles. The van der Waals surface area contributed by atoms with Crippen molar-refractivity contribution in [2.75, 3.05) is 16.3 Å². The lowest BCUT2D eigenvalue weighted by Gasteiger charge is -2.33. The van der Waals surface area contributed by atoms with Crippen LogP contribution < -0.4 is 9.80 Å². The molecule has 0 N–H and O–H groups in total. The first-order chi connectivity index (χ1) is 21.0. The van der Waals surface area contributed by atoms with Gasteiger partial charge in [-0.3, -0.25) is 0 Å². The maximum absolute atomic E-state index is 14.1. The Morgan fingerprint density at radius 2 is 1.47 bits per heavy atom. The van der Waals surface area contributed by atoms with Gasteiger partial charge in [0.05, 0.1) is 29.8 Å². The lowest BCUT2D eigenvalue weighted by molar-refractivity contribution is -0.143. The predicted octanol–water partition coefficient (Wildman–Crippen LogP) is 8.12. The number of fused-ring (bicyclic) bond motifs is 1. The molecule has 0 bridgehead atoms. The Morgan fingerprint density at radius 1 is 0.822 bits per heavy atom. The molecule has 5 rings (SSSR count). The van der Waals surface area contributed by atoms with E-state index in [0.29, 0.717) is 30.7 Å². The summed E-state index contributed by atoms with van der Waals surface area (Å²) in [6.07, 6.45) is -14.1. The summed E-state index contributed by atoms with van der Waals surface area (Å²) in [6, 6.07) is 12.0. The summed E-state index contributed by atoms with van der Waals surface area (Å²) < 4.78 is 124. The van der Waals surface area contributed by atoms with E-state index in [4.69, 9.17) is 0 Å². The zero-order valence-corrected chi connectivity index (χ0v) is 24.0. The standard InChI is InChI=1S/C30H27F9N6/c1-18-11-23-25(9-6-10-44(16-19-7-4-3-5-8-19)26(23)15-24(18)30(37,38)39)45(27-40-42-43(2)41-27)17-20-12-21(28(31,32)33)14-22(13-20)29(34,35)36/h3-5,7-8,11-15,25H,6,9-10,16-17H2,1-2H3. The largest absolute Gasteiger partial charge is 0.416 e. The molecule has 2 heterocycles. The number of rotatable bonds is 6. The third-order valence-electron chi connectivity index (χ3n) is 7.63. The zero-order chi connectivity index (χ0) is 32.7. The second kappa shape index (κ2) is 11.9. The van der Waals surface area contributed by atoms with Crippen LogP contribution in [0.15, 0.2) is 60.7 Å². The second-order valence-corrected chi connectivity index (χ2v) is 10.9. The van der Waals surface area contributed by atoms with Crippen molar-refractivity contribution in [3.63, 3.8) is 0 Å². The summed E-state index contributed by atoms with van der Waals surface area (Å²) in [7, 11) is 1.43. The molecule has 1 aliphatic rings. The molecular formula is C30H27F9N6. The molecule has 1 unspecified atom stereocenters. The van der Waals surface area contributed by atoms with E-state index in [0.717, 1.165) is 16.4 Å². The van der Waals surface area contributed by atoms with Crippen LogP contribution in [0.5, 0.6) is 0 Å². The minimum atomic E-state index is -5.07. The van der Waals surface area contributed by atoms with E-state index in [2.05, 4.69) is 15.4 Å². The molecule has 45 heavy (non-hydrogen) atoms. The van der Waals surface area contributed by atoms with Crippen molar-refractivity contribution in [3.8, 4) is 0 Å². The number of benzene rings is 3. The van der Waals surface area contributed by atoms with Crippen LogP contribution in [-0.4, -0.2) is 26.8 Å². The Balaban J connectivity index is 1.67. The lowest BCUT2D eigenvalue weighted by atomic mass is 9.94. The van der Waals surface area contributed by atoms with Crippen molar-refractivity contribution in [1.82, 2.24) is 20.2 Å². The molecule has 0 radical (unpaired) electrons. The number of hydrogen-bond acceptors (Lipinski definition) is 5. The van der Waals surface area contributed by atoms with Crippen molar-refractivity contribution in [3.05, 3.63) is 99.6 Å². The van der Waals surface area contributed by atoms with E-state index in [-0.39, 0.29) is 41.8 Å². The highest BCUT2D eigenvalue weighted by atomic mass is 19.4. The number of hydrogen-bond donors (Lipinski definition) is 0. The molecular weight excluding hydrogens is 615 g/mol. The third kappa shape index (κ3) is 7.17. The van der Waals surface area contributed by atoms with Crippen LogP contribution in [0.25, 0.3) is 0 Å². The van der Waals surface area contributed by atoms with E-state index in [1.807, 2.05) is 18.2 Å². The summed E-state index contributed by atoms with van der Waals surface area (Å²) in [6.45, 7) is 1.40. The van der Waals surface area contributed by atoms with Gasteiger partial charge >= 0.3 is 18.5 Å². The molecule has 0 fully saturated rings. The second-order valence-electron chi connectivity index (χ2n) is 10.9. The number of aryl methyl sites for hydroxylation is 2. The van der Waals surface area contributed by atoms with Crippen LogP contribution in [0.2, 0.25) is 0 Å². The Bertz CT molecular complexity index is 1610. The highest BCUT2D eigenvalue weighted by Gasteiger charge is 2.39. The van der Waals surface area contributed by atoms with Gasteiger partial charge in [-0.2, -0.15) is 44.3 Å². The summed E-state index contributed by atoms with van der Waals surface area (Å²) >= 11 is 0. The molecule has 0 saturated heterocycles. The minimum Gasteiger partial charge on any atom is -0.367 e. The van der Waals surface area contributed by atoms with Crippen molar-refractivity contribution in [1.29, 1.82) is 0 Å². The Hall–Kier alpha value is -4.30. The number of tetrazole rings is 1. The lowest BCUT2D eigenvalue weighted by Crippen LogP contribution is -2.30. The van der Waals surface area contributed by atoms with Gasteiger partial charge in [0.15, 0.2) is 0 Å². The van der Waals surface area contributed by atoms with Crippen LogP contribution in [0, 0.1) is 6.92 Å². The summed E-state index contributed by atoms with van der Waals surface area (Å²) in [5, 5.41) is 12.0. The Morgan fingerprint density at radius 3 is 2.02 bits per heavy atom. The summed E-state index contributed by atoms with van der Waals surface area (Å²) in [5.41, 5.74) is -2.75. The van der Waals surface area contributed by atoms with E-state index < -0.39 is 47.8 Å². The van der Waals surface area contributed by atoms with Gasteiger partial charge in [0.2, 0.25) is 0 Å². The van der Waals surface area contributed by atoms with E-state index in [1.165, 1.54) is 24.9 Å². The molecule has 6 nitrogen and oxygen atoms in total. The number of halogens is 9. The van der Waals surface area contributed by atoms with Crippen molar-refractivity contribution >= 4 is 11.6 Å². The van der Waals surface area contributed by atoms with Gasteiger partial charge in [-0.05, 0) is 71.5 Å². The fourth-order valence-electron chi connectivity index (χ4n) is 5.62. The highest BCUT2D eigenvalue weighted by Crippen LogP contribution is 2.44. The van der Waals surface area contributed by atoms with E-state index in [1.54, 1.807) is 17.0 Å². The van der Waals surface area contributed by atoms with Gasteiger partial charge in [0.1, 0.15) is 0 Å². The molecule has 1 aromatic heterocycles. The summed E-state index contributed by atoms with van der Waals surface area (Å²) in [5.74, 6) is -0.103. The normalized spacial score (nSPS) is 16.0. The van der Waals surface area contributed by atoms with Gasteiger partial charge in [-0.1, -0.05) is 41.5 Å². The fourth-order valence-corrected chi connectivity index (χ4v) is 5.62. The minimum absolute atomic E-state index is 0.0405. The van der Waals surface area contributed by atoms with Crippen molar-refractivity contribution in [2.24, 2.45) is 7.05 Å². The zero-order valence-electron chi connectivity index (χ0n) is 24.0. The molecule has 1 aliphatic heterocycles. The van der Waals surface area contributed by atoms with Gasteiger partial charge in [-0.25, -0.2) is 0 Å². The van der Waals surface area contributed by atoms with Crippen LogP contribution in [-0.2, 0) is 38.7 Å². The Labute approximate surface area is 252 Å². The van der Waals surface area contributed by atoms with Crippen molar-refractivity contribution in [2.45, 2.75) is 57.4 Å². The quantitative estimate of drug-likeness (QED) is 0.199. The fraction of sp³-hybridized carbons (Fsp3) is 0.367. The molecule has 240 valence electrons. The topological polar surface area (TPSA) is 50.1 Å². The first-order valence-corrected chi connectivity index (χ1v) is 13.8. The maximum atomic E-state index is 14.1. The predicted molar refractivity (Wildman–Crippen MR) is 147 cm³/mol. The average Bonchev–Trinajstić information content (AvgIpc) is 3.30. The maximum Gasteiger partial charge on any atom is 0.416 e. The van der Waals surface area contributed by atoms with Crippen LogP contribution in [0.3, 0.4) is 0 Å². The number of nitrogens with zero attached hydrogens (tertiary/aromatic N) is 6.